The number of rotatable bonds is 4. The number of benzene rings is 1. The van der Waals surface area contributed by atoms with Gasteiger partial charge in [0, 0.05) is 11.8 Å². The summed E-state index contributed by atoms with van der Waals surface area (Å²) >= 11 is 0. The average Bonchev–Trinajstić information content (AvgIpc) is 2.68. The SMILES string of the molecule is COc1cc(NCc2nc(C)c(C)o2)ccc1N. The van der Waals surface area contributed by atoms with Crippen molar-refractivity contribution < 1.29 is 9.15 Å². The molecule has 0 saturated carbocycles. The Labute approximate surface area is 106 Å². The maximum absolute atomic E-state index is 5.75. The van der Waals surface area contributed by atoms with E-state index in [9.17, 15) is 0 Å². The number of nitrogen functional groups attached to an aromatic ring is 1. The summed E-state index contributed by atoms with van der Waals surface area (Å²) in [4.78, 5) is 4.30. The third-order valence-electron chi connectivity index (χ3n) is 2.75. The van der Waals surface area contributed by atoms with Gasteiger partial charge in [-0.15, -0.1) is 0 Å². The summed E-state index contributed by atoms with van der Waals surface area (Å²) in [6.45, 7) is 4.36. The number of hydrogen-bond donors (Lipinski definition) is 2. The maximum Gasteiger partial charge on any atom is 0.213 e. The summed E-state index contributed by atoms with van der Waals surface area (Å²) in [6.07, 6.45) is 0. The topological polar surface area (TPSA) is 73.3 Å². The minimum Gasteiger partial charge on any atom is -0.495 e. The van der Waals surface area contributed by atoms with Gasteiger partial charge < -0.3 is 20.2 Å². The lowest BCUT2D eigenvalue weighted by molar-refractivity contribution is 0.417. The number of methoxy groups -OCH3 is 1. The number of ether oxygens (including phenoxy) is 1. The van der Waals surface area contributed by atoms with Crippen molar-refractivity contribution in [2.75, 3.05) is 18.2 Å². The molecule has 0 fully saturated rings. The standard InChI is InChI=1S/C13H17N3O2/c1-8-9(2)18-13(16-8)7-15-10-4-5-11(14)12(6-10)17-3/h4-6,15H,7,14H2,1-3H3. The molecule has 0 bridgehead atoms. The third-order valence-corrected chi connectivity index (χ3v) is 2.75. The van der Waals surface area contributed by atoms with Gasteiger partial charge in [0.25, 0.3) is 0 Å². The largest absolute Gasteiger partial charge is 0.495 e. The van der Waals surface area contributed by atoms with Crippen molar-refractivity contribution in [1.82, 2.24) is 4.98 Å². The second-order valence-electron chi connectivity index (χ2n) is 4.06. The minimum atomic E-state index is 0.530. The highest BCUT2D eigenvalue weighted by molar-refractivity contribution is 5.61. The first-order chi connectivity index (χ1) is 8.60. The lowest BCUT2D eigenvalue weighted by atomic mass is 10.2. The molecule has 0 aliphatic rings. The Morgan fingerprint density at radius 1 is 1.39 bits per heavy atom. The first-order valence-electron chi connectivity index (χ1n) is 5.70. The molecule has 5 nitrogen and oxygen atoms in total. The minimum absolute atomic E-state index is 0.530. The fourth-order valence-electron chi connectivity index (χ4n) is 1.61. The van der Waals surface area contributed by atoms with Crippen molar-refractivity contribution in [1.29, 1.82) is 0 Å². The fourth-order valence-corrected chi connectivity index (χ4v) is 1.61. The molecule has 1 aromatic heterocycles. The van der Waals surface area contributed by atoms with E-state index in [2.05, 4.69) is 10.3 Å². The maximum atomic E-state index is 5.75. The van der Waals surface area contributed by atoms with Gasteiger partial charge in [-0.2, -0.15) is 0 Å². The van der Waals surface area contributed by atoms with E-state index >= 15 is 0 Å². The van der Waals surface area contributed by atoms with Crippen LogP contribution in [0.4, 0.5) is 11.4 Å². The fraction of sp³-hybridized carbons (Fsp3) is 0.308. The van der Waals surface area contributed by atoms with Crippen molar-refractivity contribution in [2.45, 2.75) is 20.4 Å². The highest BCUT2D eigenvalue weighted by Gasteiger charge is 2.06. The Bertz CT molecular complexity index is 530. The zero-order valence-corrected chi connectivity index (χ0v) is 10.8. The average molecular weight is 247 g/mol. The van der Waals surface area contributed by atoms with Gasteiger partial charge in [-0.05, 0) is 26.0 Å². The highest BCUT2D eigenvalue weighted by Crippen LogP contribution is 2.25. The molecule has 2 aromatic rings. The molecule has 18 heavy (non-hydrogen) atoms. The normalized spacial score (nSPS) is 10.4. The van der Waals surface area contributed by atoms with Crippen LogP contribution in [0.15, 0.2) is 22.6 Å². The van der Waals surface area contributed by atoms with E-state index in [0.717, 1.165) is 17.1 Å². The Hall–Kier alpha value is -2.17. The number of nitrogens with one attached hydrogen (secondary N) is 1. The van der Waals surface area contributed by atoms with E-state index in [0.29, 0.717) is 23.9 Å². The quantitative estimate of drug-likeness (QED) is 0.812. The molecule has 5 heteroatoms. The molecule has 3 N–H and O–H groups in total. The number of aryl methyl sites for hydroxylation is 2. The summed E-state index contributed by atoms with van der Waals surface area (Å²) in [5.74, 6) is 2.17. The van der Waals surface area contributed by atoms with Crippen molar-refractivity contribution in [2.24, 2.45) is 0 Å². The zero-order chi connectivity index (χ0) is 13.1. The van der Waals surface area contributed by atoms with Crippen LogP contribution in [0.25, 0.3) is 0 Å². The van der Waals surface area contributed by atoms with Crippen molar-refractivity contribution in [3.05, 3.63) is 35.5 Å². The van der Waals surface area contributed by atoms with Crippen LogP contribution in [0.2, 0.25) is 0 Å². The molecule has 96 valence electrons. The lowest BCUT2D eigenvalue weighted by Gasteiger charge is -2.08. The first kappa shape index (κ1) is 12.3. The van der Waals surface area contributed by atoms with Crippen LogP contribution in [0.5, 0.6) is 5.75 Å². The van der Waals surface area contributed by atoms with E-state index in [4.69, 9.17) is 14.9 Å². The predicted octanol–water partition coefficient (Wildman–Crippen LogP) is 2.49. The van der Waals surface area contributed by atoms with E-state index in [1.54, 1.807) is 13.2 Å². The number of anilines is 2. The van der Waals surface area contributed by atoms with E-state index in [-0.39, 0.29) is 0 Å². The van der Waals surface area contributed by atoms with Crippen LogP contribution >= 0.6 is 0 Å². The number of nitrogens with zero attached hydrogens (tertiary/aromatic N) is 1. The van der Waals surface area contributed by atoms with Gasteiger partial charge in [0.1, 0.15) is 11.5 Å². The predicted molar refractivity (Wildman–Crippen MR) is 70.7 cm³/mol. The van der Waals surface area contributed by atoms with E-state index in [1.165, 1.54) is 0 Å². The van der Waals surface area contributed by atoms with Crippen molar-refractivity contribution in [3.8, 4) is 5.75 Å². The van der Waals surface area contributed by atoms with E-state index in [1.807, 2.05) is 26.0 Å². The first-order valence-corrected chi connectivity index (χ1v) is 5.70. The lowest BCUT2D eigenvalue weighted by Crippen LogP contribution is -2.01. The zero-order valence-electron chi connectivity index (χ0n) is 10.8. The van der Waals surface area contributed by atoms with Gasteiger partial charge >= 0.3 is 0 Å². The number of oxazole rings is 1. The van der Waals surface area contributed by atoms with Crippen LogP contribution in [0.1, 0.15) is 17.3 Å². The highest BCUT2D eigenvalue weighted by atomic mass is 16.5. The number of nitrogens with two attached hydrogens (primary N) is 1. The molecule has 0 radical (unpaired) electrons. The molecule has 0 aliphatic heterocycles. The second kappa shape index (κ2) is 5.00. The summed E-state index contributed by atoms with van der Waals surface area (Å²) in [5.41, 5.74) is 8.19. The van der Waals surface area contributed by atoms with Gasteiger partial charge in [0.2, 0.25) is 5.89 Å². The van der Waals surface area contributed by atoms with E-state index < -0.39 is 0 Å². The van der Waals surface area contributed by atoms with Gasteiger partial charge in [-0.1, -0.05) is 0 Å². The van der Waals surface area contributed by atoms with Gasteiger partial charge in [-0.3, -0.25) is 0 Å². The molecular weight excluding hydrogens is 230 g/mol. The van der Waals surface area contributed by atoms with Gasteiger partial charge in [0.15, 0.2) is 0 Å². The molecule has 0 spiro atoms. The monoisotopic (exact) mass is 247 g/mol. The molecule has 0 aliphatic carbocycles. The van der Waals surface area contributed by atoms with Crippen LogP contribution in [0, 0.1) is 13.8 Å². The molecule has 0 atom stereocenters. The summed E-state index contributed by atoms with van der Waals surface area (Å²) in [6, 6.07) is 5.53. The molecule has 0 saturated heterocycles. The Morgan fingerprint density at radius 2 is 2.17 bits per heavy atom. The molecule has 0 unspecified atom stereocenters. The Morgan fingerprint density at radius 3 is 2.78 bits per heavy atom. The summed E-state index contributed by atoms with van der Waals surface area (Å²) in [7, 11) is 1.59. The molecule has 2 rings (SSSR count). The third kappa shape index (κ3) is 2.56. The Kier molecular flexibility index (Phi) is 3.41. The molecule has 1 heterocycles. The van der Waals surface area contributed by atoms with Gasteiger partial charge in [-0.25, -0.2) is 4.98 Å². The van der Waals surface area contributed by atoms with Crippen LogP contribution in [-0.4, -0.2) is 12.1 Å². The Balaban J connectivity index is 2.06. The molecular formula is C13H17N3O2. The van der Waals surface area contributed by atoms with Crippen LogP contribution < -0.4 is 15.8 Å². The number of hydrogen-bond acceptors (Lipinski definition) is 5. The second-order valence-corrected chi connectivity index (χ2v) is 4.06. The van der Waals surface area contributed by atoms with Crippen LogP contribution in [-0.2, 0) is 6.54 Å². The number of aromatic nitrogens is 1. The van der Waals surface area contributed by atoms with Crippen molar-refractivity contribution in [3.63, 3.8) is 0 Å². The molecule has 1 aromatic carbocycles. The summed E-state index contributed by atoms with van der Waals surface area (Å²) < 4.78 is 10.6. The van der Waals surface area contributed by atoms with Crippen molar-refractivity contribution >= 4 is 11.4 Å². The smallest absolute Gasteiger partial charge is 0.213 e. The molecule has 0 amide bonds. The van der Waals surface area contributed by atoms with Crippen LogP contribution in [0.3, 0.4) is 0 Å². The summed E-state index contributed by atoms with van der Waals surface area (Å²) in [5, 5.41) is 3.21. The van der Waals surface area contributed by atoms with Gasteiger partial charge in [0.05, 0.1) is 25.0 Å².